The third kappa shape index (κ3) is 3.52. The Bertz CT molecular complexity index is 1810. The van der Waals surface area contributed by atoms with Gasteiger partial charge in [-0.15, -0.1) is 11.8 Å². The molecule has 9 heteroatoms. The second-order valence-electron chi connectivity index (χ2n) is 9.29. The highest BCUT2D eigenvalue weighted by Gasteiger charge is 2.51. The lowest BCUT2D eigenvalue weighted by Crippen LogP contribution is -2.62. The number of hydrogen-bond acceptors (Lipinski definition) is 5. The highest BCUT2D eigenvalue weighted by atomic mass is 35.5. The third-order valence-corrected chi connectivity index (χ3v) is 8.63. The molecule has 3 amide bonds. The molecule has 2 atom stereocenters. The van der Waals surface area contributed by atoms with Gasteiger partial charge < -0.3 is 0 Å². The number of rotatable bonds is 3. The van der Waals surface area contributed by atoms with Crippen LogP contribution in [0.5, 0.6) is 0 Å². The van der Waals surface area contributed by atoms with Crippen LogP contribution in [0.15, 0.2) is 91.4 Å². The van der Waals surface area contributed by atoms with Crippen LogP contribution in [0.2, 0.25) is 5.02 Å². The molecule has 0 bridgehead atoms. The molecule has 0 radical (unpaired) electrons. The molecule has 1 saturated heterocycles. The quantitative estimate of drug-likeness (QED) is 0.271. The third-order valence-electron chi connectivity index (χ3n) is 6.96. The number of carbonyl (C=O) groups is 2. The topological polar surface area (TPSA) is 71.3 Å². The molecule has 2 aliphatic heterocycles. The number of hydrogen-bond donors (Lipinski definition) is 0. The van der Waals surface area contributed by atoms with E-state index in [2.05, 4.69) is 10.1 Å². The van der Waals surface area contributed by atoms with Crippen molar-refractivity contribution in [3.63, 3.8) is 0 Å². The molecule has 7 rings (SSSR count). The normalized spacial score (nSPS) is 19.4. The van der Waals surface area contributed by atoms with E-state index in [9.17, 15) is 9.59 Å². The second kappa shape index (κ2) is 8.72. The summed E-state index contributed by atoms with van der Waals surface area (Å²) in [4.78, 5) is 36.5. The van der Waals surface area contributed by atoms with Gasteiger partial charge >= 0.3 is 6.03 Å². The van der Waals surface area contributed by atoms with Crippen LogP contribution >= 0.6 is 23.4 Å². The Morgan fingerprint density at radius 1 is 0.947 bits per heavy atom. The number of fused-ring (bicyclic) bond motifs is 3. The minimum absolute atomic E-state index is 0.281. The van der Waals surface area contributed by atoms with Crippen LogP contribution in [0.3, 0.4) is 0 Å². The largest absolute Gasteiger partial charge is 0.336 e. The Labute approximate surface area is 227 Å². The van der Waals surface area contributed by atoms with Gasteiger partial charge in [-0.05, 0) is 30.3 Å². The monoisotopic (exact) mass is 537 g/mol. The van der Waals surface area contributed by atoms with Gasteiger partial charge in [-0.1, -0.05) is 54.1 Å². The van der Waals surface area contributed by atoms with E-state index in [0.717, 1.165) is 32.1 Å². The number of aromatic nitrogens is 3. The number of carbonyl (C=O) groups excluding carboxylic acids is 2. The average Bonchev–Trinajstić information content (AvgIpc) is 3.52. The van der Waals surface area contributed by atoms with Crippen molar-refractivity contribution in [2.24, 2.45) is 7.05 Å². The van der Waals surface area contributed by atoms with Crippen molar-refractivity contribution >= 4 is 73.3 Å². The molecule has 2 unspecified atom stereocenters. The molecule has 0 aliphatic carbocycles. The Hall–Kier alpha value is -4.14. The van der Waals surface area contributed by atoms with Gasteiger partial charge in [0.1, 0.15) is 5.25 Å². The first-order valence-electron chi connectivity index (χ1n) is 12.1. The minimum atomic E-state index is -0.558. The van der Waals surface area contributed by atoms with E-state index in [1.165, 1.54) is 16.7 Å². The van der Waals surface area contributed by atoms with Gasteiger partial charge in [0, 0.05) is 56.8 Å². The van der Waals surface area contributed by atoms with Crippen LogP contribution in [-0.4, -0.2) is 38.0 Å². The van der Waals surface area contributed by atoms with Gasteiger partial charge in [-0.2, -0.15) is 5.10 Å². The summed E-state index contributed by atoms with van der Waals surface area (Å²) in [6.45, 7) is 0. The molecular formula is C29H20ClN5O2S. The van der Waals surface area contributed by atoms with Crippen molar-refractivity contribution in [2.75, 3.05) is 9.80 Å². The summed E-state index contributed by atoms with van der Waals surface area (Å²) < 4.78 is 1.74. The molecule has 2 aromatic heterocycles. The van der Waals surface area contributed by atoms with Gasteiger partial charge in [-0.25, -0.2) is 9.69 Å². The SMILES string of the molecule is Cn1cc2ccc(N3C(=O)N(c4cncc5ccccc45)C(=O)C4SC(c5ccccc5Cl)=CC43)cc2n1. The van der Waals surface area contributed by atoms with Crippen molar-refractivity contribution in [2.45, 2.75) is 11.3 Å². The summed E-state index contributed by atoms with van der Waals surface area (Å²) >= 11 is 7.96. The number of benzene rings is 3. The van der Waals surface area contributed by atoms with E-state index in [1.807, 2.05) is 86.1 Å². The number of aryl methyl sites for hydroxylation is 1. The lowest BCUT2D eigenvalue weighted by Gasteiger charge is -2.41. The molecule has 1 fully saturated rings. The zero-order chi connectivity index (χ0) is 26.0. The van der Waals surface area contributed by atoms with Crippen molar-refractivity contribution in [3.05, 3.63) is 102 Å². The van der Waals surface area contributed by atoms with E-state index >= 15 is 0 Å². The van der Waals surface area contributed by atoms with Crippen LogP contribution in [0.4, 0.5) is 16.2 Å². The molecule has 7 nitrogen and oxygen atoms in total. The number of thioether (sulfide) groups is 1. The Morgan fingerprint density at radius 2 is 1.76 bits per heavy atom. The minimum Gasteiger partial charge on any atom is -0.285 e. The number of amides is 3. The molecule has 3 aromatic carbocycles. The van der Waals surface area contributed by atoms with Crippen molar-refractivity contribution in [1.82, 2.24) is 14.8 Å². The van der Waals surface area contributed by atoms with E-state index in [-0.39, 0.29) is 5.91 Å². The fourth-order valence-corrected chi connectivity index (χ4v) is 6.86. The predicted molar refractivity (Wildman–Crippen MR) is 152 cm³/mol. The van der Waals surface area contributed by atoms with Crippen LogP contribution in [0, 0.1) is 0 Å². The van der Waals surface area contributed by atoms with Gasteiger partial charge in [0.2, 0.25) is 0 Å². The molecule has 0 spiro atoms. The zero-order valence-electron chi connectivity index (χ0n) is 20.2. The summed E-state index contributed by atoms with van der Waals surface area (Å²) in [6, 6.07) is 20.0. The number of halogens is 1. The summed E-state index contributed by atoms with van der Waals surface area (Å²) in [5, 5.41) is 7.18. The maximum absolute atomic E-state index is 14.3. The number of pyridine rings is 1. The van der Waals surface area contributed by atoms with Crippen molar-refractivity contribution in [1.29, 1.82) is 0 Å². The van der Waals surface area contributed by atoms with E-state index < -0.39 is 17.3 Å². The first kappa shape index (κ1) is 23.0. The molecule has 186 valence electrons. The first-order chi connectivity index (χ1) is 18.5. The fourth-order valence-electron chi connectivity index (χ4n) is 5.23. The number of imide groups is 1. The standard InChI is InChI=1S/C29H20ClN5O2S/c1-33-16-18-10-11-19(12-23(18)32-33)34-24-13-26(21-8-4-5-9-22(21)30)38-27(24)28(36)35(29(34)37)25-15-31-14-17-6-2-3-7-20(17)25/h2-16,24,27H,1H3. The maximum Gasteiger partial charge on any atom is 0.336 e. The van der Waals surface area contributed by atoms with Crippen molar-refractivity contribution in [3.8, 4) is 0 Å². The van der Waals surface area contributed by atoms with Crippen molar-refractivity contribution < 1.29 is 9.59 Å². The zero-order valence-corrected chi connectivity index (χ0v) is 21.7. The van der Waals surface area contributed by atoms with E-state index in [1.54, 1.807) is 22.0 Å². The molecule has 0 saturated carbocycles. The highest BCUT2D eigenvalue weighted by Crippen LogP contribution is 2.48. The molecule has 38 heavy (non-hydrogen) atoms. The first-order valence-corrected chi connectivity index (χ1v) is 13.3. The Morgan fingerprint density at radius 3 is 2.63 bits per heavy atom. The smallest absolute Gasteiger partial charge is 0.285 e. The van der Waals surface area contributed by atoms with Gasteiger partial charge in [-0.3, -0.25) is 19.4 Å². The molecular weight excluding hydrogens is 518 g/mol. The van der Waals surface area contributed by atoms with Crippen LogP contribution in [0.25, 0.3) is 26.6 Å². The van der Waals surface area contributed by atoms with Gasteiger partial charge in [0.15, 0.2) is 0 Å². The lowest BCUT2D eigenvalue weighted by molar-refractivity contribution is -0.117. The summed E-state index contributed by atoms with van der Waals surface area (Å²) in [6.07, 6.45) is 7.22. The summed E-state index contributed by atoms with van der Waals surface area (Å²) in [5.74, 6) is -0.281. The predicted octanol–water partition coefficient (Wildman–Crippen LogP) is 6.27. The van der Waals surface area contributed by atoms with Gasteiger partial charge in [0.25, 0.3) is 5.91 Å². The molecule has 0 N–H and O–H groups in total. The molecule has 2 aliphatic rings. The number of anilines is 2. The summed E-state index contributed by atoms with van der Waals surface area (Å²) in [5.41, 5.74) is 2.74. The van der Waals surface area contributed by atoms with Crippen LogP contribution in [0.1, 0.15) is 5.56 Å². The highest BCUT2D eigenvalue weighted by molar-refractivity contribution is 8.09. The van der Waals surface area contributed by atoms with Crippen LogP contribution in [-0.2, 0) is 11.8 Å². The van der Waals surface area contributed by atoms with E-state index in [4.69, 9.17) is 11.6 Å². The Kier molecular flexibility index (Phi) is 5.28. The number of nitrogens with zero attached hydrogens (tertiary/aromatic N) is 5. The van der Waals surface area contributed by atoms with Crippen LogP contribution < -0.4 is 9.80 Å². The number of urea groups is 1. The lowest BCUT2D eigenvalue weighted by atomic mass is 10.0. The fraction of sp³-hybridized carbons (Fsp3) is 0.103. The maximum atomic E-state index is 14.3. The Balaban J connectivity index is 1.41. The molecule has 5 aromatic rings. The van der Waals surface area contributed by atoms with E-state index in [0.29, 0.717) is 16.4 Å². The molecule has 4 heterocycles. The second-order valence-corrected chi connectivity index (χ2v) is 10.9. The average molecular weight is 538 g/mol. The van der Waals surface area contributed by atoms with Gasteiger partial charge in [0.05, 0.1) is 23.4 Å². The summed E-state index contributed by atoms with van der Waals surface area (Å²) in [7, 11) is 1.86.